The molecule has 1 aliphatic rings. The van der Waals surface area contributed by atoms with Crippen molar-refractivity contribution in [2.45, 2.75) is 45.4 Å². The number of anilines is 1. The van der Waals surface area contributed by atoms with Gasteiger partial charge in [0, 0.05) is 18.0 Å². The Balaban J connectivity index is 2.40. The topological polar surface area (TPSA) is 37.8 Å². The van der Waals surface area contributed by atoms with Gasteiger partial charge in [-0.1, -0.05) is 13.8 Å². The van der Waals surface area contributed by atoms with Crippen molar-refractivity contribution in [2.75, 3.05) is 11.9 Å². The molecule has 1 aliphatic carbocycles. The Kier molecular flexibility index (Phi) is 2.89. The van der Waals surface area contributed by atoms with Crippen molar-refractivity contribution in [2.24, 2.45) is 0 Å². The van der Waals surface area contributed by atoms with E-state index in [1.807, 2.05) is 0 Å². The van der Waals surface area contributed by atoms with Crippen molar-refractivity contribution in [1.82, 2.24) is 9.97 Å². The van der Waals surface area contributed by atoms with Gasteiger partial charge in [0.15, 0.2) is 0 Å². The number of nitrogens with one attached hydrogen (secondary N) is 1. The van der Waals surface area contributed by atoms with E-state index in [2.05, 4.69) is 36.1 Å². The lowest BCUT2D eigenvalue weighted by atomic mass is 9.99. The Morgan fingerprint density at radius 2 is 2.13 bits per heavy atom. The smallest absolute Gasteiger partial charge is 0.133 e. The van der Waals surface area contributed by atoms with Crippen molar-refractivity contribution >= 4 is 5.82 Å². The van der Waals surface area contributed by atoms with Crippen LogP contribution in [-0.4, -0.2) is 16.5 Å². The van der Waals surface area contributed by atoms with Crippen molar-refractivity contribution in [3.8, 4) is 0 Å². The highest BCUT2D eigenvalue weighted by molar-refractivity contribution is 5.49. The van der Waals surface area contributed by atoms with Gasteiger partial charge in [0.2, 0.25) is 0 Å². The largest absolute Gasteiger partial charge is 0.370 e. The van der Waals surface area contributed by atoms with E-state index in [-0.39, 0.29) is 0 Å². The van der Waals surface area contributed by atoms with Crippen LogP contribution in [-0.2, 0) is 0 Å². The van der Waals surface area contributed by atoms with Gasteiger partial charge in [-0.2, -0.15) is 0 Å². The van der Waals surface area contributed by atoms with Crippen LogP contribution in [0.4, 0.5) is 5.82 Å². The van der Waals surface area contributed by atoms with Gasteiger partial charge in [0.05, 0.1) is 5.69 Å². The van der Waals surface area contributed by atoms with E-state index < -0.39 is 0 Å². The fraction of sp³-hybridized carbons (Fsp3) is 0.667. The maximum absolute atomic E-state index is 4.45. The number of nitrogens with zero attached hydrogens (tertiary/aromatic N) is 2. The maximum atomic E-state index is 4.45. The molecule has 0 bridgehead atoms. The summed E-state index contributed by atoms with van der Waals surface area (Å²) in [5, 5.41) is 3.33. The second-order valence-electron chi connectivity index (χ2n) is 4.48. The summed E-state index contributed by atoms with van der Waals surface area (Å²) in [6, 6.07) is 0. The molecule has 3 heteroatoms. The fourth-order valence-electron chi connectivity index (χ4n) is 1.97. The lowest BCUT2D eigenvalue weighted by Crippen LogP contribution is -2.08. The Morgan fingerprint density at radius 3 is 2.67 bits per heavy atom. The third-order valence-corrected chi connectivity index (χ3v) is 2.80. The normalized spacial score (nSPS) is 15.7. The van der Waals surface area contributed by atoms with Gasteiger partial charge < -0.3 is 5.32 Å². The van der Waals surface area contributed by atoms with Gasteiger partial charge in [-0.15, -0.1) is 0 Å². The van der Waals surface area contributed by atoms with Gasteiger partial charge in [-0.3, -0.25) is 0 Å². The minimum atomic E-state index is 0.496. The van der Waals surface area contributed by atoms with Gasteiger partial charge in [-0.25, -0.2) is 9.97 Å². The molecular formula is C12H19N3. The van der Waals surface area contributed by atoms with Crippen molar-refractivity contribution in [1.29, 1.82) is 0 Å². The number of hydrogen-bond donors (Lipinski definition) is 1. The lowest BCUT2D eigenvalue weighted by molar-refractivity contribution is 0.806. The summed E-state index contributed by atoms with van der Waals surface area (Å²) in [5.74, 6) is 2.23. The van der Waals surface area contributed by atoms with E-state index in [4.69, 9.17) is 0 Å². The molecule has 1 fully saturated rings. The molecule has 0 aliphatic heterocycles. The standard InChI is InChI=1S/C12H19N3/c1-4-13-12-10(8(2)3)11(9-5-6-9)14-7-15-12/h7-9H,4-6H2,1-3H3,(H,13,14,15). The van der Waals surface area contributed by atoms with Crippen LogP contribution in [0, 0.1) is 0 Å². The molecular weight excluding hydrogens is 186 g/mol. The molecule has 0 amide bonds. The molecule has 0 unspecified atom stereocenters. The van der Waals surface area contributed by atoms with Crippen LogP contribution in [0.2, 0.25) is 0 Å². The van der Waals surface area contributed by atoms with E-state index in [1.165, 1.54) is 24.1 Å². The first-order valence-corrected chi connectivity index (χ1v) is 5.82. The summed E-state index contributed by atoms with van der Waals surface area (Å²) in [7, 11) is 0. The summed E-state index contributed by atoms with van der Waals surface area (Å²) in [4.78, 5) is 8.79. The fourth-order valence-corrected chi connectivity index (χ4v) is 1.97. The molecule has 0 radical (unpaired) electrons. The van der Waals surface area contributed by atoms with Crippen molar-refractivity contribution < 1.29 is 0 Å². The predicted molar refractivity (Wildman–Crippen MR) is 62.3 cm³/mol. The lowest BCUT2D eigenvalue weighted by Gasteiger charge is -2.15. The molecule has 0 saturated heterocycles. The van der Waals surface area contributed by atoms with Crippen LogP contribution in [0.5, 0.6) is 0 Å². The molecule has 1 heterocycles. The molecule has 1 N–H and O–H groups in total. The Morgan fingerprint density at radius 1 is 1.40 bits per heavy atom. The van der Waals surface area contributed by atoms with Crippen molar-refractivity contribution in [3.63, 3.8) is 0 Å². The second kappa shape index (κ2) is 4.17. The molecule has 0 spiro atoms. The minimum Gasteiger partial charge on any atom is -0.370 e. The van der Waals surface area contributed by atoms with Gasteiger partial charge >= 0.3 is 0 Å². The highest BCUT2D eigenvalue weighted by atomic mass is 15.0. The van der Waals surface area contributed by atoms with Crippen LogP contribution in [0.15, 0.2) is 6.33 Å². The van der Waals surface area contributed by atoms with Crippen LogP contribution >= 0.6 is 0 Å². The van der Waals surface area contributed by atoms with Crippen LogP contribution in [0.25, 0.3) is 0 Å². The third-order valence-electron chi connectivity index (χ3n) is 2.80. The molecule has 1 aromatic heterocycles. The third kappa shape index (κ3) is 2.11. The Hall–Kier alpha value is -1.12. The minimum absolute atomic E-state index is 0.496. The van der Waals surface area contributed by atoms with E-state index >= 15 is 0 Å². The van der Waals surface area contributed by atoms with Crippen LogP contribution in [0.1, 0.15) is 56.7 Å². The zero-order valence-electron chi connectivity index (χ0n) is 9.75. The van der Waals surface area contributed by atoms with Crippen molar-refractivity contribution in [3.05, 3.63) is 17.6 Å². The molecule has 2 rings (SSSR count). The summed E-state index contributed by atoms with van der Waals surface area (Å²) >= 11 is 0. The van der Waals surface area contributed by atoms with Crippen LogP contribution in [0.3, 0.4) is 0 Å². The average Bonchev–Trinajstić information content (AvgIpc) is 3.00. The second-order valence-corrected chi connectivity index (χ2v) is 4.48. The first-order valence-electron chi connectivity index (χ1n) is 5.82. The zero-order valence-corrected chi connectivity index (χ0v) is 9.75. The first-order chi connectivity index (χ1) is 7.24. The van der Waals surface area contributed by atoms with Crippen LogP contribution < -0.4 is 5.32 Å². The van der Waals surface area contributed by atoms with E-state index in [0.29, 0.717) is 11.8 Å². The van der Waals surface area contributed by atoms with E-state index in [9.17, 15) is 0 Å². The Bertz CT molecular complexity index is 343. The summed E-state index contributed by atoms with van der Waals surface area (Å²) < 4.78 is 0. The summed E-state index contributed by atoms with van der Waals surface area (Å²) in [6.45, 7) is 7.45. The molecule has 82 valence electrons. The number of rotatable bonds is 4. The molecule has 15 heavy (non-hydrogen) atoms. The zero-order chi connectivity index (χ0) is 10.8. The molecule has 1 aromatic rings. The summed E-state index contributed by atoms with van der Waals surface area (Å²) in [5.41, 5.74) is 2.60. The quantitative estimate of drug-likeness (QED) is 0.821. The number of hydrogen-bond acceptors (Lipinski definition) is 3. The summed E-state index contributed by atoms with van der Waals surface area (Å²) in [6.07, 6.45) is 4.28. The van der Waals surface area contributed by atoms with Gasteiger partial charge in [-0.05, 0) is 25.7 Å². The predicted octanol–water partition coefficient (Wildman–Crippen LogP) is 2.91. The molecule has 1 saturated carbocycles. The highest BCUT2D eigenvalue weighted by Gasteiger charge is 2.29. The van der Waals surface area contributed by atoms with E-state index in [1.54, 1.807) is 6.33 Å². The van der Waals surface area contributed by atoms with Gasteiger partial charge in [0.1, 0.15) is 12.1 Å². The molecule has 3 nitrogen and oxygen atoms in total. The molecule has 0 atom stereocenters. The number of aromatic nitrogens is 2. The maximum Gasteiger partial charge on any atom is 0.133 e. The van der Waals surface area contributed by atoms with Gasteiger partial charge in [0.25, 0.3) is 0 Å². The average molecular weight is 205 g/mol. The van der Waals surface area contributed by atoms with E-state index in [0.717, 1.165) is 12.4 Å². The molecule has 0 aromatic carbocycles. The highest BCUT2D eigenvalue weighted by Crippen LogP contribution is 2.43. The SMILES string of the molecule is CCNc1ncnc(C2CC2)c1C(C)C. The monoisotopic (exact) mass is 205 g/mol. The first kappa shape index (κ1) is 10.4. The Labute approximate surface area is 91.3 Å².